The first kappa shape index (κ1) is 21.0. The van der Waals surface area contributed by atoms with Crippen molar-refractivity contribution in [2.45, 2.75) is 37.5 Å². The molecule has 4 aliphatic heterocycles. The van der Waals surface area contributed by atoms with Crippen molar-refractivity contribution in [1.29, 1.82) is 0 Å². The van der Waals surface area contributed by atoms with E-state index in [0.29, 0.717) is 64.5 Å². The molecule has 4 amide bonds. The maximum absolute atomic E-state index is 13.0. The number of benzene rings is 1. The van der Waals surface area contributed by atoms with Crippen LogP contribution in [0.25, 0.3) is 0 Å². The second kappa shape index (κ2) is 8.27. The Hall–Kier alpha value is -2.82. The van der Waals surface area contributed by atoms with Crippen LogP contribution in [0.1, 0.15) is 34.3 Å². The van der Waals surface area contributed by atoms with Gasteiger partial charge in [0.1, 0.15) is 6.04 Å². The summed E-state index contributed by atoms with van der Waals surface area (Å²) in [5.41, 5.74) is 2.04. The number of carbonyl (C=O) groups excluding carboxylic acids is 4. The minimum Gasteiger partial charge on any atom is -0.377 e. The van der Waals surface area contributed by atoms with Gasteiger partial charge in [-0.2, -0.15) is 0 Å². The van der Waals surface area contributed by atoms with E-state index < -0.39 is 17.5 Å². The molecule has 0 radical (unpaired) electrons. The van der Waals surface area contributed by atoms with Crippen LogP contribution >= 0.6 is 0 Å². The van der Waals surface area contributed by atoms with E-state index in [2.05, 4.69) is 16.0 Å². The van der Waals surface area contributed by atoms with Gasteiger partial charge in [-0.05, 0) is 23.6 Å². The molecule has 1 aromatic rings. The number of hydrogen-bond donors (Lipinski definition) is 3. The summed E-state index contributed by atoms with van der Waals surface area (Å²) in [6, 6.07) is 5.16. The van der Waals surface area contributed by atoms with Crippen molar-refractivity contribution in [1.82, 2.24) is 25.8 Å². The lowest BCUT2D eigenvalue weighted by molar-refractivity contribution is -0.153. The second-order valence-electron chi connectivity index (χ2n) is 8.92. The summed E-state index contributed by atoms with van der Waals surface area (Å²) in [4.78, 5) is 52.4. The van der Waals surface area contributed by atoms with Crippen LogP contribution in [0.4, 0.5) is 0 Å². The average molecular weight is 441 g/mol. The summed E-state index contributed by atoms with van der Waals surface area (Å²) in [6.07, 6.45) is 0.595. The number of imide groups is 1. The molecule has 2 atom stereocenters. The van der Waals surface area contributed by atoms with E-state index in [0.717, 1.165) is 11.1 Å². The summed E-state index contributed by atoms with van der Waals surface area (Å²) < 4.78 is 5.67. The van der Waals surface area contributed by atoms with Gasteiger partial charge in [0.15, 0.2) is 0 Å². The number of piperazine rings is 1. The first-order valence-corrected chi connectivity index (χ1v) is 11.0. The molecule has 0 saturated carbocycles. The molecule has 0 aromatic heterocycles. The molecule has 0 spiro atoms. The fraction of sp³-hybridized carbons (Fsp3) is 0.545. The van der Waals surface area contributed by atoms with Gasteiger partial charge in [-0.15, -0.1) is 0 Å². The van der Waals surface area contributed by atoms with Crippen LogP contribution < -0.4 is 16.0 Å². The summed E-state index contributed by atoms with van der Waals surface area (Å²) in [7, 11) is 0. The molecule has 4 heterocycles. The van der Waals surface area contributed by atoms with Crippen LogP contribution in [0.5, 0.6) is 0 Å². The third-order valence-corrected chi connectivity index (χ3v) is 6.81. The number of ether oxygens (including phenoxy) is 1. The zero-order valence-electron chi connectivity index (χ0n) is 17.8. The van der Waals surface area contributed by atoms with Gasteiger partial charge in [-0.1, -0.05) is 12.1 Å². The van der Waals surface area contributed by atoms with Crippen LogP contribution in [-0.4, -0.2) is 84.4 Å². The molecule has 10 heteroatoms. The molecule has 1 aromatic carbocycles. The standard InChI is InChI=1S/C22H27N5O5/c28-18-4-3-17(20(30)25-18)26-10-15-2-1-14(7-16(15)21(26)31)8-23-11-22-12-24-9-19(29)27(22)5-6-32-13-22/h1-2,7,17,23-24H,3-6,8-13H2,(H,25,28,30). The molecule has 32 heavy (non-hydrogen) atoms. The van der Waals surface area contributed by atoms with Crippen LogP contribution in [0, 0.1) is 0 Å². The van der Waals surface area contributed by atoms with Crippen LogP contribution in [0.15, 0.2) is 18.2 Å². The van der Waals surface area contributed by atoms with Gasteiger partial charge >= 0.3 is 0 Å². The zero-order valence-corrected chi connectivity index (χ0v) is 17.8. The van der Waals surface area contributed by atoms with Crippen molar-refractivity contribution in [2.24, 2.45) is 0 Å². The van der Waals surface area contributed by atoms with Crippen LogP contribution in [0.2, 0.25) is 0 Å². The molecule has 0 bridgehead atoms. The molecule has 3 N–H and O–H groups in total. The Bertz CT molecular complexity index is 977. The van der Waals surface area contributed by atoms with E-state index in [4.69, 9.17) is 4.74 Å². The average Bonchev–Trinajstić information content (AvgIpc) is 3.10. The van der Waals surface area contributed by atoms with Crippen molar-refractivity contribution >= 4 is 23.6 Å². The quantitative estimate of drug-likeness (QED) is 0.488. The van der Waals surface area contributed by atoms with Gasteiger partial charge in [-0.25, -0.2) is 0 Å². The number of hydrogen-bond acceptors (Lipinski definition) is 7. The van der Waals surface area contributed by atoms with Crippen molar-refractivity contribution in [3.8, 4) is 0 Å². The molecule has 3 saturated heterocycles. The second-order valence-corrected chi connectivity index (χ2v) is 8.92. The predicted octanol–water partition coefficient (Wildman–Crippen LogP) is -1.26. The number of rotatable bonds is 5. The lowest BCUT2D eigenvalue weighted by Crippen LogP contribution is -2.71. The number of morpholine rings is 1. The Balaban J connectivity index is 1.24. The first-order valence-electron chi connectivity index (χ1n) is 11.0. The zero-order chi connectivity index (χ0) is 22.3. The number of piperidine rings is 1. The lowest BCUT2D eigenvalue weighted by atomic mass is 9.93. The highest BCUT2D eigenvalue weighted by atomic mass is 16.5. The smallest absolute Gasteiger partial charge is 0.255 e. The van der Waals surface area contributed by atoms with Gasteiger partial charge < -0.3 is 25.2 Å². The minimum atomic E-state index is -0.609. The number of fused-ring (bicyclic) bond motifs is 2. The maximum atomic E-state index is 13.0. The van der Waals surface area contributed by atoms with E-state index in [9.17, 15) is 19.2 Å². The van der Waals surface area contributed by atoms with Gasteiger partial charge in [0, 0.05) is 44.7 Å². The summed E-state index contributed by atoms with van der Waals surface area (Å²) in [6.45, 7) is 4.19. The molecule has 4 aliphatic rings. The molecule has 0 aliphatic carbocycles. The third-order valence-electron chi connectivity index (χ3n) is 6.81. The van der Waals surface area contributed by atoms with E-state index in [-0.39, 0.29) is 24.1 Å². The fourth-order valence-electron chi connectivity index (χ4n) is 5.13. The number of carbonyl (C=O) groups is 4. The molecular weight excluding hydrogens is 414 g/mol. The van der Waals surface area contributed by atoms with E-state index in [1.807, 2.05) is 23.1 Å². The number of amides is 4. The number of nitrogens with zero attached hydrogens (tertiary/aromatic N) is 2. The van der Waals surface area contributed by atoms with Crippen molar-refractivity contribution < 1.29 is 23.9 Å². The highest BCUT2D eigenvalue weighted by molar-refractivity contribution is 6.05. The van der Waals surface area contributed by atoms with E-state index >= 15 is 0 Å². The normalized spacial score (nSPS) is 27.9. The monoisotopic (exact) mass is 441 g/mol. The van der Waals surface area contributed by atoms with Gasteiger partial charge in [0.25, 0.3) is 5.91 Å². The van der Waals surface area contributed by atoms with Crippen molar-refractivity contribution in [3.63, 3.8) is 0 Å². The third kappa shape index (κ3) is 3.68. The topological polar surface area (TPSA) is 120 Å². The highest BCUT2D eigenvalue weighted by Gasteiger charge is 2.44. The van der Waals surface area contributed by atoms with Gasteiger partial charge in [0.05, 0.1) is 25.3 Å². The lowest BCUT2D eigenvalue weighted by Gasteiger charge is -2.50. The SMILES string of the molecule is O=C1CCC(N2Cc3ccc(CNCC45CNCC(=O)N4CCOC5)cc3C2=O)C(=O)N1. The fourth-order valence-corrected chi connectivity index (χ4v) is 5.13. The Morgan fingerprint density at radius 3 is 2.94 bits per heavy atom. The van der Waals surface area contributed by atoms with Crippen molar-refractivity contribution in [3.05, 3.63) is 34.9 Å². The first-order chi connectivity index (χ1) is 15.5. The van der Waals surface area contributed by atoms with Crippen molar-refractivity contribution in [2.75, 3.05) is 39.4 Å². The minimum absolute atomic E-state index is 0.0954. The summed E-state index contributed by atoms with van der Waals surface area (Å²) >= 11 is 0. The van der Waals surface area contributed by atoms with Crippen LogP contribution in [-0.2, 0) is 32.2 Å². The molecule has 10 nitrogen and oxygen atoms in total. The van der Waals surface area contributed by atoms with Crippen LogP contribution in [0.3, 0.4) is 0 Å². The summed E-state index contributed by atoms with van der Waals surface area (Å²) in [5.74, 6) is -0.777. The molecule has 2 unspecified atom stereocenters. The Kier molecular flexibility index (Phi) is 5.44. The Morgan fingerprint density at radius 1 is 1.22 bits per heavy atom. The largest absolute Gasteiger partial charge is 0.377 e. The maximum Gasteiger partial charge on any atom is 0.255 e. The molecular formula is C22H27N5O5. The molecule has 170 valence electrons. The van der Waals surface area contributed by atoms with E-state index in [1.54, 1.807) is 4.90 Å². The Morgan fingerprint density at radius 2 is 2.09 bits per heavy atom. The predicted molar refractivity (Wildman–Crippen MR) is 112 cm³/mol. The van der Waals surface area contributed by atoms with E-state index in [1.165, 1.54) is 0 Å². The molecule has 5 rings (SSSR count). The number of nitrogens with one attached hydrogen (secondary N) is 3. The molecule has 3 fully saturated rings. The van der Waals surface area contributed by atoms with Gasteiger partial charge in [0.2, 0.25) is 17.7 Å². The Labute approximate surface area is 185 Å². The van der Waals surface area contributed by atoms with Gasteiger partial charge in [-0.3, -0.25) is 24.5 Å². The summed E-state index contributed by atoms with van der Waals surface area (Å²) in [5, 5.41) is 8.95. The highest BCUT2D eigenvalue weighted by Crippen LogP contribution is 2.28.